The van der Waals surface area contributed by atoms with Crippen molar-refractivity contribution in [3.8, 4) is 0 Å². The third-order valence-electron chi connectivity index (χ3n) is 2.39. The Labute approximate surface area is 103 Å². The summed E-state index contributed by atoms with van der Waals surface area (Å²) in [5.74, 6) is 0. The molecule has 0 saturated heterocycles. The first kappa shape index (κ1) is 12.0. The highest BCUT2D eigenvalue weighted by Crippen LogP contribution is 2.21. The van der Waals surface area contributed by atoms with E-state index in [1.54, 1.807) is 0 Å². The Morgan fingerprint density at radius 2 is 2.12 bits per heavy atom. The van der Waals surface area contributed by atoms with E-state index in [-0.39, 0.29) is 10.8 Å². The average Bonchev–Trinajstić information content (AvgIpc) is 2.61. The smallest absolute Gasteiger partial charge is 0.249 e. The van der Waals surface area contributed by atoms with Crippen molar-refractivity contribution >= 4 is 11.6 Å². The summed E-state index contributed by atoms with van der Waals surface area (Å²) in [7, 11) is 0. The van der Waals surface area contributed by atoms with Crippen LogP contribution in [0.5, 0.6) is 0 Å². The van der Waals surface area contributed by atoms with Gasteiger partial charge in [0.2, 0.25) is 0 Å². The maximum atomic E-state index is 12.4. The molecule has 0 unspecified atom stereocenters. The van der Waals surface area contributed by atoms with Gasteiger partial charge in [0.15, 0.2) is 0 Å². The zero-order chi connectivity index (χ0) is 12.4. The van der Waals surface area contributed by atoms with Gasteiger partial charge >= 0.3 is 0 Å². The van der Waals surface area contributed by atoms with Crippen molar-refractivity contribution in [3.05, 3.63) is 52.3 Å². The highest BCUT2D eigenvalue weighted by molar-refractivity contribution is 6.29. The quantitative estimate of drug-likeness (QED) is 0.816. The lowest BCUT2D eigenvalue weighted by atomic mass is 10.1. The van der Waals surface area contributed by atoms with Gasteiger partial charge in [0, 0.05) is 6.07 Å². The molecule has 0 radical (unpaired) electrons. The fourth-order valence-electron chi connectivity index (χ4n) is 1.61. The summed E-state index contributed by atoms with van der Waals surface area (Å²) >= 11 is 5.85. The van der Waals surface area contributed by atoms with Crippen molar-refractivity contribution in [2.24, 2.45) is 0 Å². The van der Waals surface area contributed by atoms with Crippen LogP contribution in [0.1, 0.15) is 23.2 Å². The maximum absolute atomic E-state index is 12.4. The topological polar surface area (TPSA) is 17.8 Å². The number of aryl methyl sites for hydroxylation is 1. The summed E-state index contributed by atoms with van der Waals surface area (Å²) in [6.45, 7) is 2.37. The zero-order valence-corrected chi connectivity index (χ0v) is 9.96. The molecule has 0 aliphatic heterocycles. The fourth-order valence-corrected chi connectivity index (χ4v) is 1.82. The van der Waals surface area contributed by atoms with Crippen LogP contribution in [0.15, 0.2) is 30.3 Å². The standard InChI is InChI=1S/C12H11ClF2N2/c1-8-3-2-4-9(5-8)7-17-11(13)6-10(16-17)12(14)15/h2-6,12H,7H2,1H3. The second-order valence-corrected chi connectivity index (χ2v) is 4.23. The van der Waals surface area contributed by atoms with Crippen molar-refractivity contribution in [2.75, 3.05) is 0 Å². The Hall–Kier alpha value is -1.42. The number of benzene rings is 1. The first-order valence-electron chi connectivity index (χ1n) is 5.13. The molecule has 0 bridgehead atoms. The molecule has 0 spiro atoms. The monoisotopic (exact) mass is 256 g/mol. The minimum Gasteiger partial charge on any atom is -0.249 e. The van der Waals surface area contributed by atoms with E-state index in [9.17, 15) is 8.78 Å². The van der Waals surface area contributed by atoms with E-state index in [2.05, 4.69) is 5.10 Å². The van der Waals surface area contributed by atoms with Crippen LogP contribution >= 0.6 is 11.6 Å². The summed E-state index contributed by atoms with van der Waals surface area (Å²) < 4.78 is 26.2. The Kier molecular flexibility index (Phi) is 3.43. The first-order chi connectivity index (χ1) is 8.06. The van der Waals surface area contributed by atoms with Gasteiger partial charge in [-0.05, 0) is 12.5 Å². The van der Waals surface area contributed by atoms with Crippen molar-refractivity contribution in [2.45, 2.75) is 19.9 Å². The van der Waals surface area contributed by atoms with Crippen LogP contribution in [0.3, 0.4) is 0 Å². The predicted molar refractivity (Wildman–Crippen MR) is 62.5 cm³/mol. The molecule has 2 nitrogen and oxygen atoms in total. The summed E-state index contributed by atoms with van der Waals surface area (Å²) in [6, 6.07) is 8.96. The molecule has 0 atom stereocenters. The van der Waals surface area contributed by atoms with Crippen LogP contribution in [0.25, 0.3) is 0 Å². The van der Waals surface area contributed by atoms with Gasteiger partial charge in [-0.25, -0.2) is 13.5 Å². The van der Waals surface area contributed by atoms with Gasteiger partial charge < -0.3 is 0 Å². The summed E-state index contributed by atoms with van der Waals surface area (Å²) in [5, 5.41) is 3.99. The van der Waals surface area contributed by atoms with Gasteiger partial charge in [-0.3, -0.25) is 0 Å². The third-order valence-corrected chi connectivity index (χ3v) is 2.69. The molecule has 0 aliphatic rings. The molecule has 0 amide bonds. The van der Waals surface area contributed by atoms with E-state index in [0.717, 1.165) is 11.1 Å². The number of aromatic nitrogens is 2. The number of hydrogen-bond donors (Lipinski definition) is 0. The van der Waals surface area contributed by atoms with Crippen LogP contribution in [0.2, 0.25) is 5.15 Å². The average molecular weight is 257 g/mol. The van der Waals surface area contributed by atoms with E-state index >= 15 is 0 Å². The highest BCUT2D eigenvalue weighted by atomic mass is 35.5. The van der Waals surface area contributed by atoms with Crippen molar-refractivity contribution in [3.63, 3.8) is 0 Å². The Morgan fingerprint density at radius 3 is 2.71 bits per heavy atom. The number of rotatable bonds is 3. The predicted octanol–water partition coefficient (Wildman–Crippen LogP) is 3.83. The SMILES string of the molecule is Cc1cccc(Cn2nc(C(F)F)cc2Cl)c1. The van der Waals surface area contributed by atoms with Crippen LogP contribution in [0.4, 0.5) is 8.78 Å². The molecule has 0 fully saturated rings. The first-order valence-corrected chi connectivity index (χ1v) is 5.51. The van der Waals surface area contributed by atoms with Crippen molar-refractivity contribution < 1.29 is 8.78 Å². The Morgan fingerprint density at radius 1 is 1.35 bits per heavy atom. The summed E-state index contributed by atoms with van der Waals surface area (Å²) in [6.07, 6.45) is -2.59. The molecular formula is C12H11ClF2N2. The summed E-state index contributed by atoms with van der Waals surface area (Å²) in [4.78, 5) is 0. The fraction of sp³-hybridized carbons (Fsp3) is 0.250. The molecule has 0 N–H and O–H groups in total. The Bertz CT molecular complexity index is 523. The molecule has 0 aliphatic carbocycles. The molecule has 17 heavy (non-hydrogen) atoms. The molecule has 5 heteroatoms. The van der Waals surface area contributed by atoms with Gasteiger partial charge in [-0.2, -0.15) is 5.10 Å². The van der Waals surface area contributed by atoms with E-state index in [1.165, 1.54) is 10.7 Å². The maximum Gasteiger partial charge on any atom is 0.282 e. The zero-order valence-electron chi connectivity index (χ0n) is 9.20. The lowest BCUT2D eigenvalue weighted by Gasteiger charge is -2.04. The van der Waals surface area contributed by atoms with E-state index in [0.29, 0.717) is 6.54 Å². The normalized spacial score (nSPS) is 11.1. The second kappa shape index (κ2) is 4.84. The van der Waals surface area contributed by atoms with Gasteiger partial charge in [0.1, 0.15) is 10.8 Å². The van der Waals surface area contributed by atoms with Crippen LogP contribution in [-0.2, 0) is 6.54 Å². The molecule has 1 aromatic carbocycles. The molecule has 0 saturated carbocycles. The van der Waals surface area contributed by atoms with Crippen molar-refractivity contribution in [1.29, 1.82) is 0 Å². The number of nitrogens with zero attached hydrogens (tertiary/aromatic N) is 2. The van der Waals surface area contributed by atoms with Gasteiger partial charge in [-0.1, -0.05) is 41.4 Å². The van der Waals surface area contributed by atoms with Crippen LogP contribution in [0, 0.1) is 6.92 Å². The van der Waals surface area contributed by atoms with E-state index in [1.807, 2.05) is 31.2 Å². The van der Waals surface area contributed by atoms with Crippen molar-refractivity contribution in [1.82, 2.24) is 9.78 Å². The highest BCUT2D eigenvalue weighted by Gasteiger charge is 2.14. The number of hydrogen-bond acceptors (Lipinski definition) is 1. The molecule has 2 aromatic rings. The summed E-state index contributed by atoms with van der Waals surface area (Å²) in [5.41, 5.74) is 1.80. The molecule has 2 rings (SSSR count). The molecule has 1 aromatic heterocycles. The molecular weight excluding hydrogens is 246 g/mol. The van der Waals surface area contributed by atoms with Crippen LogP contribution < -0.4 is 0 Å². The lowest BCUT2D eigenvalue weighted by molar-refractivity contribution is 0.145. The lowest BCUT2D eigenvalue weighted by Crippen LogP contribution is -2.02. The van der Waals surface area contributed by atoms with E-state index in [4.69, 9.17) is 11.6 Å². The van der Waals surface area contributed by atoms with Gasteiger partial charge in [0.25, 0.3) is 6.43 Å². The number of alkyl halides is 2. The van der Waals surface area contributed by atoms with Gasteiger partial charge in [0.05, 0.1) is 6.54 Å². The van der Waals surface area contributed by atoms with Crippen LogP contribution in [-0.4, -0.2) is 9.78 Å². The third kappa shape index (κ3) is 2.82. The molecule has 90 valence electrons. The second-order valence-electron chi connectivity index (χ2n) is 3.84. The molecule has 1 heterocycles. The number of halogens is 3. The Balaban J connectivity index is 2.24. The van der Waals surface area contributed by atoms with E-state index < -0.39 is 6.43 Å². The van der Waals surface area contributed by atoms with Gasteiger partial charge in [-0.15, -0.1) is 0 Å². The largest absolute Gasteiger partial charge is 0.282 e. The minimum absolute atomic E-state index is 0.224. The minimum atomic E-state index is -2.59.